The van der Waals surface area contributed by atoms with Gasteiger partial charge in [-0.05, 0) is 42.7 Å². The van der Waals surface area contributed by atoms with E-state index in [1.165, 1.54) is 11.8 Å². The largest absolute Gasteiger partial charge is 0.490 e. The molecule has 1 amide bonds. The van der Waals surface area contributed by atoms with Crippen LogP contribution in [-0.2, 0) is 11.8 Å². The summed E-state index contributed by atoms with van der Waals surface area (Å²) < 4.78 is 13.6. The van der Waals surface area contributed by atoms with Crippen LogP contribution < -0.4 is 9.47 Å². The zero-order valence-corrected chi connectivity index (χ0v) is 17.9. The standard InChI is InChI=1S/C23H25N3O3S/c1-25-19-7-3-2-6-17(19)24-23(25)30-15-22(27)26-11-4-8-18(26)16-9-10-20-21(14-16)29-13-5-12-28-20/h2-3,6-7,9-10,14,18H,4-5,8,11-13,15H2,1H3. The van der Waals surface area contributed by atoms with E-state index in [1.807, 2.05) is 36.2 Å². The molecule has 7 heteroatoms. The summed E-state index contributed by atoms with van der Waals surface area (Å²) >= 11 is 1.51. The summed E-state index contributed by atoms with van der Waals surface area (Å²) in [6, 6.07) is 14.2. The second-order valence-electron chi connectivity index (χ2n) is 7.73. The van der Waals surface area contributed by atoms with E-state index in [0.29, 0.717) is 19.0 Å². The number of hydrogen-bond acceptors (Lipinski definition) is 5. The highest BCUT2D eigenvalue weighted by atomic mass is 32.2. The van der Waals surface area contributed by atoms with Gasteiger partial charge in [-0.3, -0.25) is 4.79 Å². The minimum atomic E-state index is 0.0932. The van der Waals surface area contributed by atoms with E-state index in [2.05, 4.69) is 27.8 Å². The Kier molecular flexibility index (Phi) is 5.29. The molecule has 6 nitrogen and oxygen atoms in total. The number of para-hydroxylation sites is 2. The summed E-state index contributed by atoms with van der Waals surface area (Å²) in [6.07, 6.45) is 2.88. The van der Waals surface area contributed by atoms with Gasteiger partial charge in [-0.2, -0.15) is 0 Å². The number of aromatic nitrogens is 2. The van der Waals surface area contributed by atoms with Crippen molar-refractivity contribution >= 4 is 28.7 Å². The van der Waals surface area contributed by atoms with Gasteiger partial charge in [0.05, 0.1) is 36.0 Å². The first-order valence-electron chi connectivity index (χ1n) is 10.4. The van der Waals surface area contributed by atoms with Crippen LogP contribution in [0.15, 0.2) is 47.6 Å². The summed E-state index contributed by atoms with van der Waals surface area (Å²) in [5.74, 6) is 2.13. The lowest BCUT2D eigenvalue weighted by Gasteiger charge is -2.25. The van der Waals surface area contributed by atoms with Crippen LogP contribution in [0.5, 0.6) is 11.5 Å². The summed E-state index contributed by atoms with van der Waals surface area (Å²) in [5, 5.41) is 0.871. The summed E-state index contributed by atoms with van der Waals surface area (Å²) in [6.45, 7) is 2.14. The van der Waals surface area contributed by atoms with Crippen molar-refractivity contribution < 1.29 is 14.3 Å². The number of amides is 1. The number of fused-ring (bicyclic) bond motifs is 2. The van der Waals surface area contributed by atoms with Crippen molar-refractivity contribution in [3.63, 3.8) is 0 Å². The van der Waals surface area contributed by atoms with Gasteiger partial charge in [0.1, 0.15) is 0 Å². The van der Waals surface area contributed by atoms with Crippen molar-refractivity contribution in [2.24, 2.45) is 7.05 Å². The van der Waals surface area contributed by atoms with Crippen LogP contribution in [0.3, 0.4) is 0 Å². The molecule has 1 saturated heterocycles. The fraction of sp³-hybridized carbons (Fsp3) is 0.391. The first-order chi connectivity index (χ1) is 14.7. The molecule has 3 heterocycles. The van der Waals surface area contributed by atoms with Gasteiger partial charge in [-0.25, -0.2) is 4.98 Å². The summed E-state index contributed by atoms with van der Waals surface area (Å²) in [5.41, 5.74) is 3.16. The highest BCUT2D eigenvalue weighted by Gasteiger charge is 2.31. The highest BCUT2D eigenvalue weighted by Crippen LogP contribution is 2.38. The fourth-order valence-electron chi connectivity index (χ4n) is 4.26. The van der Waals surface area contributed by atoms with Crippen molar-refractivity contribution in [3.05, 3.63) is 48.0 Å². The first kappa shape index (κ1) is 19.3. The zero-order valence-electron chi connectivity index (χ0n) is 17.0. The van der Waals surface area contributed by atoms with Gasteiger partial charge in [0, 0.05) is 20.0 Å². The van der Waals surface area contributed by atoms with Crippen LogP contribution in [-0.4, -0.2) is 45.9 Å². The van der Waals surface area contributed by atoms with Crippen molar-refractivity contribution in [1.29, 1.82) is 0 Å². The second-order valence-corrected chi connectivity index (χ2v) is 8.68. The maximum Gasteiger partial charge on any atom is 0.233 e. The van der Waals surface area contributed by atoms with E-state index in [1.54, 1.807) is 0 Å². The third-order valence-corrected chi connectivity index (χ3v) is 6.81. The van der Waals surface area contributed by atoms with E-state index in [9.17, 15) is 4.79 Å². The van der Waals surface area contributed by atoms with E-state index >= 15 is 0 Å². The molecule has 1 atom stereocenters. The minimum Gasteiger partial charge on any atom is -0.490 e. The number of hydrogen-bond donors (Lipinski definition) is 0. The molecule has 0 N–H and O–H groups in total. The van der Waals surface area contributed by atoms with Crippen LogP contribution in [0.25, 0.3) is 11.0 Å². The van der Waals surface area contributed by atoms with Crippen LogP contribution in [0.4, 0.5) is 0 Å². The molecule has 0 saturated carbocycles. The minimum absolute atomic E-state index is 0.0932. The Bertz CT molecular complexity index is 1080. The lowest BCUT2D eigenvalue weighted by molar-refractivity contribution is -0.129. The third kappa shape index (κ3) is 3.62. The van der Waals surface area contributed by atoms with Crippen molar-refractivity contribution in [3.8, 4) is 11.5 Å². The molecule has 3 aromatic rings. The SMILES string of the molecule is Cn1c(SCC(=O)N2CCCC2c2ccc3c(c2)OCCCO3)nc2ccccc21. The number of ether oxygens (including phenoxy) is 2. The van der Waals surface area contributed by atoms with Crippen LogP contribution in [0.2, 0.25) is 0 Å². The molecule has 0 bridgehead atoms. The quantitative estimate of drug-likeness (QED) is 0.589. The molecule has 2 aliphatic heterocycles. The van der Waals surface area contributed by atoms with Crippen LogP contribution >= 0.6 is 11.8 Å². The second kappa shape index (κ2) is 8.22. The number of nitrogens with zero attached hydrogens (tertiary/aromatic N) is 3. The molecule has 1 fully saturated rings. The molecule has 0 spiro atoms. The lowest BCUT2D eigenvalue weighted by atomic mass is 10.0. The maximum absolute atomic E-state index is 13.1. The van der Waals surface area contributed by atoms with Gasteiger partial charge >= 0.3 is 0 Å². The molecular formula is C23H25N3O3S. The van der Waals surface area contributed by atoms with Crippen molar-refractivity contribution in [2.45, 2.75) is 30.5 Å². The average Bonchev–Trinajstić information content (AvgIpc) is 3.30. The van der Waals surface area contributed by atoms with Gasteiger partial charge in [-0.15, -0.1) is 0 Å². The molecule has 0 radical (unpaired) electrons. The van der Waals surface area contributed by atoms with Crippen LogP contribution in [0.1, 0.15) is 30.9 Å². The fourth-order valence-corrected chi connectivity index (χ4v) is 5.13. The first-order valence-corrected chi connectivity index (χ1v) is 11.4. The lowest BCUT2D eigenvalue weighted by Crippen LogP contribution is -2.32. The van der Waals surface area contributed by atoms with E-state index in [4.69, 9.17) is 9.47 Å². The van der Waals surface area contributed by atoms with Gasteiger partial charge in [0.25, 0.3) is 0 Å². The molecule has 0 aliphatic carbocycles. The van der Waals surface area contributed by atoms with Gasteiger partial charge in [0.15, 0.2) is 16.7 Å². The predicted molar refractivity (Wildman–Crippen MR) is 117 cm³/mol. The Morgan fingerprint density at radius 2 is 1.97 bits per heavy atom. The number of imidazole rings is 1. The Morgan fingerprint density at radius 3 is 2.83 bits per heavy atom. The normalized spacial score (nSPS) is 18.6. The topological polar surface area (TPSA) is 56.6 Å². The molecule has 2 aliphatic rings. The molecule has 2 aromatic carbocycles. The molecule has 1 unspecified atom stereocenters. The average molecular weight is 424 g/mol. The monoisotopic (exact) mass is 423 g/mol. The zero-order chi connectivity index (χ0) is 20.5. The van der Waals surface area contributed by atoms with Crippen molar-refractivity contribution in [2.75, 3.05) is 25.5 Å². The smallest absolute Gasteiger partial charge is 0.233 e. The van der Waals surface area contributed by atoms with Gasteiger partial charge in [-0.1, -0.05) is 30.0 Å². The molecule has 30 heavy (non-hydrogen) atoms. The Balaban J connectivity index is 1.30. The van der Waals surface area contributed by atoms with E-state index in [-0.39, 0.29) is 11.9 Å². The number of benzene rings is 2. The maximum atomic E-state index is 13.1. The Hall–Kier alpha value is -2.67. The number of carbonyl (C=O) groups is 1. The summed E-state index contributed by atoms with van der Waals surface area (Å²) in [4.78, 5) is 19.8. The molecule has 5 rings (SSSR count). The number of thioether (sulfide) groups is 1. The molecule has 1 aromatic heterocycles. The van der Waals surface area contributed by atoms with Crippen LogP contribution in [0, 0.1) is 0 Å². The van der Waals surface area contributed by atoms with Gasteiger partial charge < -0.3 is 18.9 Å². The number of aryl methyl sites for hydroxylation is 1. The number of carbonyl (C=O) groups excluding carboxylic acids is 1. The third-order valence-electron chi connectivity index (χ3n) is 5.80. The summed E-state index contributed by atoms with van der Waals surface area (Å²) in [7, 11) is 2.00. The number of rotatable bonds is 4. The van der Waals surface area contributed by atoms with Crippen molar-refractivity contribution in [1.82, 2.24) is 14.5 Å². The molecular weight excluding hydrogens is 398 g/mol. The Labute approximate surface area is 180 Å². The van der Waals surface area contributed by atoms with Gasteiger partial charge in [0.2, 0.25) is 5.91 Å². The number of likely N-dealkylation sites (tertiary alicyclic amines) is 1. The Morgan fingerprint density at radius 1 is 1.13 bits per heavy atom. The van der Waals surface area contributed by atoms with E-state index in [0.717, 1.165) is 59.1 Å². The van der Waals surface area contributed by atoms with E-state index < -0.39 is 0 Å². The highest BCUT2D eigenvalue weighted by molar-refractivity contribution is 7.99. The molecule has 156 valence electrons. The predicted octanol–water partition coefficient (Wildman–Crippen LogP) is 4.19.